The Balaban J connectivity index is 1.65. The Kier molecular flexibility index (Phi) is 6.11. The lowest BCUT2D eigenvalue weighted by atomic mass is 10.1. The third-order valence-corrected chi connectivity index (χ3v) is 5.41. The van der Waals surface area contributed by atoms with Gasteiger partial charge in [-0.2, -0.15) is 0 Å². The first-order chi connectivity index (χ1) is 13.0. The zero-order valence-electron chi connectivity index (χ0n) is 16.1. The topological polar surface area (TPSA) is 44.8 Å². The summed E-state index contributed by atoms with van der Waals surface area (Å²) >= 11 is 6.14. The maximum absolute atomic E-state index is 12.7. The molecule has 1 N–H and O–H groups in total. The van der Waals surface area contributed by atoms with Crippen molar-refractivity contribution in [2.24, 2.45) is 0 Å². The number of urea groups is 1. The van der Waals surface area contributed by atoms with E-state index in [1.807, 2.05) is 17.9 Å². The molecule has 0 saturated carbocycles. The predicted molar refractivity (Wildman–Crippen MR) is 111 cm³/mol. The smallest absolute Gasteiger partial charge is 0.322 e. The molecule has 3 rings (SSSR count). The average Bonchev–Trinajstić information content (AvgIpc) is 2.70. The van der Waals surface area contributed by atoms with E-state index in [9.17, 15) is 4.79 Å². The van der Waals surface area contributed by atoms with Crippen LogP contribution in [0.2, 0.25) is 5.02 Å². The number of halogens is 1. The van der Waals surface area contributed by atoms with E-state index in [0.717, 1.165) is 25.1 Å². The van der Waals surface area contributed by atoms with Crippen LogP contribution in [0.4, 0.5) is 16.2 Å². The first kappa shape index (κ1) is 19.4. The Bertz CT molecular complexity index is 817. The second kappa shape index (κ2) is 8.53. The molecular weight excluding hydrogens is 362 g/mol. The van der Waals surface area contributed by atoms with Gasteiger partial charge in [0.25, 0.3) is 0 Å². The minimum atomic E-state index is -0.113. The quantitative estimate of drug-likeness (QED) is 0.835. The van der Waals surface area contributed by atoms with E-state index in [1.165, 1.54) is 11.3 Å². The molecule has 0 aliphatic carbocycles. The lowest BCUT2D eigenvalue weighted by Gasteiger charge is -2.37. The maximum Gasteiger partial charge on any atom is 0.322 e. The molecule has 1 fully saturated rings. The lowest BCUT2D eigenvalue weighted by Crippen LogP contribution is -2.50. The molecule has 1 aliphatic rings. The number of amides is 2. The second-order valence-electron chi connectivity index (χ2n) is 6.69. The molecule has 0 bridgehead atoms. The number of aryl methyl sites for hydroxylation is 2. The van der Waals surface area contributed by atoms with Crippen molar-refractivity contribution in [3.8, 4) is 5.75 Å². The first-order valence-corrected chi connectivity index (χ1v) is 9.64. The normalized spacial score (nSPS) is 14.2. The van der Waals surface area contributed by atoms with Gasteiger partial charge in [0.05, 0.1) is 12.8 Å². The van der Waals surface area contributed by atoms with Crippen LogP contribution < -0.4 is 15.0 Å². The van der Waals surface area contributed by atoms with Crippen LogP contribution in [0, 0.1) is 6.92 Å². The Labute approximate surface area is 165 Å². The fraction of sp³-hybridized carbons (Fsp3) is 0.381. The zero-order valence-corrected chi connectivity index (χ0v) is 16.8. The van der Waals surface area contributed by atoms with Crippen molar-refractivity contribution in [3.05, 3.63) is 52.5 Å². The highest BCUT2D eigenvalue weighted by molar-refractivity contribution is 6.31. The molecule has 0 spiro atoms. The van der Waals surface area contributed by atoms with Gasteiger partial charge in [-0.05, 0) is 36.6 Å². The summed E-state index contributed by atoms with van der Waals surface area (Å²) in [4.78, 5) is 16.9. The van der Waals surface area contributed by atoms with Crippen molar-refractivity contribution < 1.29 is 9.53 Å². The molecule has 144 valence electrons. The summed E-state index contributed by atoms with van der Waals surface area (Å²) in [5.41, 5.74) is 4.16. The molecule has 1 aliphatic heterocycles. The summed E-state index contributed by atoms with van der Waals surface area (Å²) in [6.45, 7) is 7.07. The first-order valence-electron chi connectivity index (χ1n) is 9.26. The molecule has 6 heteroatoms. The third kappa shape index (κ3) is 4.30. The number of carbonyl (C=O) groups excluding carboxylic acids is 1. The third-order valence-electron chi connectivity index (χ3n) is 5.00. The molecule has 1 heterocycles. The van der Waals surface area contributed by atoms with Crippen molar-refractivity contribution in [2.75, 3.05) is 43.5 Å². The number of rotatable bonds is 4. The van der Waals surface area contributed by atoms with Gasteiger partial charge < -0.3 is 19.9 Å². The van der Waals surface area contributed by atoms with E-state index in [1.54, 1.807) is 13.2 Å². The highest BCUT2D eigenvalue weighted by atomic mass is 35.5. The van der Waals surface area contributed by atoms with Gasteiger partial charge in [-0.25, -0.2) is 4.79 Å². The number of nitrogens with zero attached hydrogens (tertiary/aromatic N) is 2. The average molecular weight is 388 g/mol. The van der Waals surface area contributed by atoms with Crippen LogP contribution in [-0.4, -0.2) is 44.2 Å². The molecule has 0 radical (unpaired) electrons. The largest absolute Gasteiger partial charge is 0.495 e. The number of hydrogen-bond donors (Lipinski definition) is 1. The van der Waals surface area contributed by atoms with Gasteiger partial charge >= 0.3 is 6.03 Å². The monoisotopic (exact) mass is 387 g/mol. The SMILES string of the molecule is CCc1ccccc1N1CCN(C(=O)Nc2cc(C)c(Cl)cc2OC)CC1. The standard InChI is InChI=1S/C21H26ClN3O2/c1-4-16-7-5-6-8-19(16)24-9-11-25(12-10-24)21(26)23-18-13-15(2)17(22)14-20(18)27-3/h5-8,13-14H,4,9-12H2,1-3H3,(H,23,26). The maximum atomic E-state index is 12.7. The number of piperazine rings is 1. The Morgan fingerprint density at radius 3 is 2.56 bits per heavy atom. The number of carbonyl (C=O) groups is 1. The van der Waals surface area contributed by atoms with E-state index in [0.29, 0.717) is 29.5 Å². The molecular formula is C21H26ClN3O2. The van der Waals surface area contributed by atoms with Crippen molar-refractivity contribution >= 4 is 29.0 Å². The number of para-hydroxylation sites is 1. The zero-order chi connectivity index (χ0) is 19.4. The van der Waals surface area contributed by atoms with Crippen LogP contribution in [0.5, 0.6) is 5.75 Å². The van der Waals surface area contributed by atoms with Crippen molar-refractivity contribution in [2.45, 2.75) is 20.3 Å². The number of hydrogen-bond acceptors (Lipinski definition) is 3. The lowest BCUT2D eigenvalue weighted by molar-refractivity contribution is 0.208. The highest BCUT2D eigenvalue weighted by Gasteiger charge is 2.23. The van der Waals surface area contributed by atoms with E-state index in [4.69, 9.17) is 16.3 Å². The molecule has 0 aromatic heterocycles. The molecule has 5 nitrogen and oxygen atoms in total. The minimum Gasteiger partial charge on any atom is -0.495 e. The summed E-state index contributed by atoms with van der Waals surface area (Å²) in [5, 5.41) is 3.58. The summed E-state index contributed by atoms with van der Waals surface area (Å²) in [5.74, 6) is 0.564. The number of nitrogens with one attached hydrogen (secondary N) is 1. The molecule has 2 aromatic rings. The van der Waals surface area contributed by atoms with Crippen LogP contribution >= 0.6 is 11.6 Å². The summed E-state index contributed by atoms with van der Waals surface area (Å²) < 4.78 is 5.34. The Hall–Kier alpha value is -2.40. The van der Waals surface area contributed by atoms with Gasteiger partial charge in [-0.3, -0.25) is 0 Å². The van der Waals surface area contributed by atoms with Crippen molar-refractivity contribution in [3.63, 3.8) is 0 Å². The number of anilines is 2. The van der Waals surface area contributed by atoms with Crippen LogP contribution in [0.3, 0.4) is 0 Å². The minimum absolute atomic E-state index is 0.113. The summed E-state index contributed by atoms with van der Waals surface area (Å²) in [6, 6.07) is 11.9. The van der Waals surface area contributed by atoms with Gasteiger partial charge in [0.1, 0.15) is 5.75 Å². The van der Waals surface area contributed by atoms with Gasteiger partial charge in [0.15, 0.2) is 0 Å². The summed E-state index contributed by atoms with van der Waals surface area (Å²) in [6.07, 6.45) is 1.01. The predicted octanol–water partition coefficient (Wildman–Crippen LogP) is 4.57. The van der Waals surface area contributed by atoms with Gasteiger partial charge in [-0.15, -0.1) is 0 Å². The van der Waals surface area contributed by atoms with E-state index in [-0.39, 0.29) is 6.03 Å². The van der Waals surface area contributed by atoms with Gasteiger partial charge in [0.2, 0.25) is 0 Å². The number of benzene rings is 2. The van der Waals surface area contributed by atoms with Gasteiger partial charge in [0, 0.05) is 43.0 Å². The Morgan fingerprint density at radius 1 is 1.19 bits per heavy atom. The highest BCUT2D eigenvalue weighted by Crippen LogP contribution is 2.31. The molecule has 0 unspecified atom stereocenters. The van der Waals surface area contributed by atoms with Gasteiger partial charge in [-0.1, -0.05) is 36.7 Å². The molecule has 1 saturated heterocycles. The van der Waals surface area contributed by atoms with Crippen molar-refractivity contribution in [1.82, 2.24) is 4.90 Å². The molecule has 27 heavy (non-hydrogen) atoms. The fourth-order valence-corrected chi connectivity index (χ4v) is 3.55. The van der Waals surface area contributed by atoms with E-state index in [2.05, 4.69) is 41.4 Å². The van der Waals surface area contributed by atoms with Crippen LogP contribution in [0.1, 0.15) is 18.1 Å². The Morgan fingerprint density at radius 2 is 1.89 bits per heavy atom. The van der Waals surface area contributed by atoms with Crippen LogP contribution in [0.15, 0.2) is 36.4 Å². The van der Waals surface area contributed by atoms with Crippen LogP contribution in [0.25, 0.3) is 0 Å². The van der Waals surface area contributed by atoms with E-state index < -0.39 is 0 Å². The fourth-order valence-electron chi connectivity index (χ4n) is 3.39. The number of ether oxygens (including phenoxy) is 1. The number of methoxy groups -OCH3 is 1. The molecule has 0 atom stereocenters. The molecule has 2 aromatic carbocycles. The van der Waals surface area contributed by atoms with Crippen molar-refractivity contribution in [1.29, 1.82) is 0 Å². The van der Waals surface area contributed by atoms with E-state index >= 15 is 0 Å². The van der Waals surface area contributed by atoms with Crippen LogP contribution in [-0.2, 0) is 6.42 Å². The summed E-state index contributed by atoms with van der Waals surface area (Å²) in [7, 11) is 1.57. The second-order valence-corrected chi connectivity index (χ2v) is 7.10. The molecule has 2 amide bonds.